The second-order valence-electron chi connectivity index (χ2n) is 12.0. The summed E-state index contributed by atoms with van der Waals surface area (Å²) in [6.45, 7) is 10.5. The van der Waals surface area contributed by atoms with Crippen LogP contribution in [0.4, 0.5) is 4.39 Å². The summed E-state index contributed by atoms with van der Waals surface area (Å²) in [7, 11) is 4.07. The second-order valence-corrected chi connectivity index (χ2v) is 12.5. The summed E-state index contributed by atoms with van der Waals surface area (Å²) in [6.07, 6.45) is 2.45. The molecule has 0 fully saturated rings. The predicted octanol–water partition coefficient (Wildman–Crippen LogP) is 6.81. The van der Waals surface area contributed by atoms with Crippen LogP contribution in [-0.4, -0.2) is 53.4 Å². The Labute approximate surface area is 271 Å². The van der Waals surface area contributed by atoms with Crippen LogP contribution in [0, 0.1) is 32.5 Å². The smallest absolute Gasteiger partial charge is 0.305 e. The van der Waals surface area contributed by atoms with E-state index in [-0.39, 0.29) is 17.9 Å². The molecule has 8 nitrogen and oxygen atoms in total. The minimum Gasteiger partial charge on any atom is -0.481 e. The third kappa shape index (κ3) is 12.2. The molecular weight excluding hydrogens is 595 g/mol. The minimum absolute atomic E-state index is 0.180. The van der Waals surface area contributed by atoms with E-state index in [1.54, 1.807) is 25.1 Å². The molecule has 2 aromatic carbocycles. The molecule has 0 unspecified atom stereocenters. The number of rotatable bonds is 13. The zero-order valence-electron chi connectivity index (χ0n) is 27.3. The summed E-state index contributed by atoms with van der Waals surface area (Å²) >= 11 is 6.14. The first-order valence-corrected chi connectivity index (χ1v) is 15.5. The average molecular weight is 641 g/mol. The summed E-state index contributed by atoms with van der Waals surface area (Å²) in [5.41, 5.74) is 10.6. The Bertz CT molecular complexity index is 1470. The maximum absolute atomic E-state index is 15.1. The number of nitrogens with zero attached hydrogens (tertiary/aromatic N) is 2. The van der Waals surface area contributed by atoms with Crippen LogP contribution in [0.2, 0.25) is 5.02 Å². The second kappa shape index (κ2) is 17.6. The van der Waals surface area contributed by atoms with E-state index in [1.165, 1.54) is 0 Å². The third-order valence-corrected chi connectivity index (χ3v) is 7.42. The third-order valence-electron chi connectivity index (χ3n) is 7.20. The quantitative estimate of drug-likeness (QED) is 0.188. The number of primary amides is 1. The number of pyridine rings is 1. The summed E-state index contributed by atoms with van der Waals surface area (Å²) in [5.74, 6) is -2.02. The van der Waals surface area contributed by atoms with Crippen LogP contribution < -0.4 is 11.1 Å². The predicted molar refractivity (Wildman–Crippen MR) is 178 cm³/mol. The maximum Gasteiger partial charge on any atom is 0.305 e. The van der Waals surface area contributed by atoms with Gasteiger partial charge in [-0.2, -0.15) is 0 Å². The molecule has 3 rings (SSSR count). The van der Waals surface area contributed by atoms with E-state index in [1.807, 2.05) is 66.1 Å². The molecule has 4 N–H and O–H groups in total. The van der Waals surface area contributed by atoms with Crippen LogP contribution in [0.25, 0.3) is 11.1 Å². The normalized spacial score (nSPS) is 11.6. The molecule has 0 aliphatic heterocycles. The highest BCUT2D eigenvalue weighted by atomic mass is 35.5. The van der Waals surface area contributed by atoms with Crippen molar-refractivity contribution in [3.05, 3.63) is 86.9 Å². The number of halogens is 2. The molecule has 1 aromatic heterocycles. The standard InChI is InChI=1S/C24H29ClFNO3.C11H17N3O/c1-13(2)6-7-21(28)27-20(12-22(29)30)19-11-17(8-16(5)24(19)26)23-14(3)9-18(25)10-15(23)4;1-14(2)8-4-6-9-5-3-7-10(13-9)11(12)15/h8-11,13,20H,6-7,12H2,1-5H3,(H,27,28)(H,29,30);3,5,7H,4,6,8H2,1-2H3,(H2,12,15)/t20-;/m0./s1. The van der Waals surface area contributed by atoms with Crippen molar-refractivity contribution in [1.82, 2.24) is 15.2 Å². The summed E-state index contributed by atoms with van der Waals surface area (Å²) in [4.78, 5) is 41.0. The number of carbonyl (C=O) groups is 3. The molecule has 0 bridgehead atoms. The van der Waals surface area contributed by atoms with Crippen molar-refractivity contribution in [3.63, 3.8) is 0 Å². The Morgan fingerprint density at radius 1 is 1.04 bits per heavy atom. The van der Waals surface area contributed by atoms with Gasteiger partial charge < -0.3 is 21.1 Å². The van der Waals surface area contributed by atoms with E-state index in [2.05, 4.69) is 15.2 Å². The molecule has 0 aliphatic carbocycles. The van der Waals surface area contributed by atoms with Gasteiger partial charge in [0.05, 0.1) is 12.5 Å². The fraction of sp³-hybridized carbons (Fsp3) is 0.429. The number of nitrogens with one attached hydrogen (secondary N) is 1. The number of aliphatic carboxylic acids is 1. The summed E-state index contributed by atoms with van der Waals surface area (Å²) in [6, 6.07) is 11.5. The van der Waals surface area contributed by atoms with Gasteiger partial charge in [0.15, 0.2) is 0 Å². The van der Waals surface area contributed by atoms with Crippen LogP contribution in [0.15, 0.2) is 42.5 Å². The van der Waals surface area contributed by atoms with Gasteiger partial charge in [-0.1, -0.05) is 31.5 Å². The Morgan fingerprint density at radius 3 is 2.24 bits per heavy atom. The van der Waals surface area contributed by atoms with Crippen molar-refractivity contribution in [3.8, 4) is 11.1 Å². The van der Waals surface area contributed by atoms with E-state index < -0.39 is 30.2 Å². The van der Waals surface area contributed by atoms with Crippen molar-refractivity contribution >= 4 is 29.4 Å². The summed E-state index contributed by atoms with van der Waals surface area (Å²) < 4.78 is 15.1. The molecule has 45 heavy (non-hydrogen) atoms. The van der Waals surface area contributed by atoms with Gasteiger partial charge in [0.1, 0.15) is 11.5 Å². The van der Waals surface area contributed by atoms with Crippen LogP contribution >= 0.6 is 11.6 Å². The number of aryl methyl sites for hydroxylation is 4. The SMILES string of the molecule is CN(C)CCCc1cccc(C(N)=O)n1.Cc1cc(-c2c(C)cc(Cl)cc2C)cc([C@H](CC(=O)O)NC(=O)CCC(C)C)c1F. The zero-order valence-corrected chi connectivity index (χ0v) is 28.1. The molecule has 0 saturated heterocycles. The fourth-order valence-corrected chi connectivity index (χ4v) is 5.32. The van der Waals surface area contributed by atoms with E-state index in [0.29, 0.717) is 28.6 Å². The molecule has 0 aliphatic rings. The highest BCUT2D eigenvalue weighted by Gasteiger charge is 2.24. The lowest BCUT2D eigenvalue weighted by molar-refractivity contribution is -0.137. The van der Waals surface area contributed by atoms with Gasteiger partial charge in [0.2, 0.25) is 5.91 Å². The first-order valence-electron chi connectivity index (χ1n) is 15.1. The number of carboxylic acids is 1. The van der Waals surface area contributed by atoms with Crippen molar-refractivity contribution in [2.75, 3.05) is 20.6 Å². The monoisotopic (exact) mass is 640 g/mol. The summed E-state index contributed by atoms with van der Waals surface area (Å²) in [5, 5.41) is 12.7. The minimum atomic E-state index is -1.11. The Kier molecular flexibility index (Phi) is 14.6. The highest BCUT2D eigenvalue weighted by molar-refractivity contribution is 6.30. The number of amides is 2. The number of aromatic nitrogens is 1. The molecule has 3 aromatic rings. The first kappa shape index (κ1) is 37.4. The van der Waals surface area contributed by atoms with Gasteiger partial charge in [-0.25, -0.2) is 9.37 Å². The van der Waals surface area contributed by atoms with Crippen molar-refractivity contribution in [2.45, 2.75) is 72.8 Å². The van der Waals surface area contributed by atoms with Crippen LogP contribution in [0.5, 0.6) is 0 Å². The first-order chi connectivity index (χ1) is 21.1. The van der Waals surface area contributed by atoms with Gasteiger partial charge in [-0.15, -0.1) is 0 Å². The van der Waals surface area contributed by atoms with Crippen LogP contribution in [0.3, 0.4) is 0 Å². The van der Waals surface area contributed by atoms with E-state index in [0.717, 1.165) is 47.3 Å². The zero-order chi connectivity index (χ0) is 33.8. The van der Waals surface area contributed by atoms with Gasteiger partial charge in [0.25, 0.3) is 5.91 Å². The Balaban J connectivity index is 0.000000394. The Morgan fingerprint density at radius 2 is 1.69 bits per heavy atom. The molecule has 1 atom stereocenters. The molecule has 1 heterocycles. The number of carbonyl (C=O) groups excluding carboxylic acids is 2. The molecule has 0 saturated carbocycles. The average Bonchev–Trinajstić information content (AvgIpc) is 2.93. The van der Waals surface area contributed by atoms with Crippen LogP contribution in [-0.2, 0) is 16.0 Å². The number of hydrogen-bond donors (Lipinski definition) is 3. The number of benzene rings is 2. The van der Waals surface area contributed by atoms with Crippen molar-refractivity contribution in [2.24, 2.45) is 11.7 Å². The lowest BCUT2D eigenvalue weighted by Gasteiger charge is -2.21. The molecule has 2 amide bonds. The Hall–Kier alpha value is -3.82. The lowest BCUT2D eigenvalue weighted by Crippen LogP contribution is -2.31. The van der Waals surface area contributed by atoms with Crippen molar-refractivity contribution in [1.29, 1.82) is 0 Å². The van der Waals surface area contributed by atoms with Gasteiger partial charge >= 0.3 is 5.97 Å². The largest absolute Gasteiger partial charge is 0.481 e. The molecule has 244 valence electrons. The van der Waals surface area contributed by atoms with Gasteiger partial charge in [0, 0.05) is 22.7 Å². The molecule has 0 spiro atoms. The van der Waals surface area contributed by atoms with E-state index >= 15 is 4.39 Å². The number of nitrogens with two attached hydrogens (primary N) is 1. The molecular formula is C35H46ClFN4O4. The molecule has 10 heteroatoms. The van der Waals surface area contributed by atoms with Gasteiger partial charge in [-0.05, 0) is 131 Å². The lowest BCUT2D eigenvalue weighted by atomic mass is 9.90. The van der Waals surface area contributed by atoms with Crippen LogP contribution in [0.1, 0.15) is 84.0 Å². The maximum atomic E-state index is 15.1. The van der Waals surface area contributed by atoms with E-state index in [4.69, 9.17) is 17.3 Å². The van der Waals surface area contributed by atoms with E-state index in [9.17, 15) is 19.5 Å². The fourth-order valence-electron chi connectivity index (χ4n) is 4.99. The number of hydrogen-bond acceptors (Lipinski definition) is 5. The van der Waals surface area contributed by atoms with Gasteiger partial charge in [-0.3, -0.25) is 14.4 Å². The molecule has 0 radical (unpaired) electrons. The number of carboxylic acid groups (broad SMARTS) is 1. The topological polar surface area (TPSA) is 126 Å². The highest BCUT2D eigenvalue weighted by Crippen LogP contribution is 2.34. The van der Waals surface area contributed by atoms with Crippen molar-refractivity contribution < 1.29 is 23.9 Å².